The van der Waals surface area contributed by atoms with Crippen molar-refractivity contribution in [1.29, 1.82) is 0 Å². The third-order valence-corrected chi connectivity index (χ3v) is 2.13. The molecule has 0 radical (unpaired) electrons. The molecule has 0 saturated heterocycles. The molecule has 0 aliphatic heterocycles. The van der Waals surface area contributed by atoms with Crippen molar-refractivity contribution in [2.75, 3.05) is 19.9 Å². The maximum absolute atomic E-state index is 11.2. The van der Waals surface area contributed by atoms with Crippen LogP contribution in [0.25, 0.3) is 0 Å². The number of nitrogens with two attached hydrogens (primary N) is 1. The van der Waals surface area contributed by atoms with Gasteiger partial charge in [-0.25, -0.2) is 0 Å². The minimum atomic E-state index is -0.557. The quantitative estimate of drug-likeness (QED) is 0.741. The number of anilines is 1. The molecule has 1 amide bonds. The normalized spacial score (nSPS) is 11.7. The van der Waals surface area contributed by atoms with Crippen molar-refractivity contribution in [3.63, 3.8) is 0 Å². The lowest BCUT2D eigenvalue weighted by molar-refractivity contribution is -0.126. The third kappa shape index (κ3) is 2.79. The number of carbonyl (C=O) groups excluding carboxylic acids is 1. The maximum atomic E-state index is 11.2. The number of amides is 1. The minimum absolute atomic E-state index is 0.184. The lowest BCUT2D eigenvalue weighted by Gasteiger charge is -2.14. The Hall–Kier alpha value is -1.91. The molecule has 1 rings (SSSR count). The Labute approximate surface area is 94.5 Å². The lowest BCUT2D eigenvalue weighted by Crippen LogP contribution is -2.33. The number of likely N-dealkylation sites (N-methyl/N-ethyl adjacent to an activating group) is 1. The lowest BCUT2D eigenvalue weighted by atomic mass is 10.2. The summed E-state index contributed by atoms with van der Waals surface area (Å²) in [4.78, 5) is 11.2. The number of methoxy groups -OCH3 is 1. The summed E-state index contributed by atoms with van der Waals surface area (Å²) < 4.78 is 10.5. The van der Waals surface area contributed by atoms with E-state index in [2.05, 4.69) is 5.32 Å². The van der Waals surface area contributed by atoms with Crippen molar-refractivity contribution < 1.29 is 14.3 Å². The Bertz CT molecular complexity index is 379. The fourth-order valence-corrected chi connectivity index (χ4v) is 1.23. The van der Waals surface area contributed by atoms with Gasteiger partial charge in [0.05, 0.1) is 12.8 Å². The zero-order valence-corrected chi connectivity index (χ0v) is 9.61. The van der Waals surface area contributed by atoms with Gasteiger partial charge in [0.1, 0.15) is 11.5 Å². The average Bonchev–Trinajstić information content (AvgIpc) is 2.30. The highest BCUT2D eigenvalue weighted by Gasteiger charge is 2.13. The predicted molar refractivity (Wildman–Crippen MR) is 61.6 cm³/mol. The molecule has 0 aromatic heterocycles. The van der Waals surface area contributed by atoms with Crippen molar-refractivity contribution in [2.45, 2.75) is 13.0 Å². The predicted octanol–water partition coefficient (Wildman–Crippen LogP) is 0.791. The van der Waals surface area contributed by atoms with E-state index in [0.717, 1.165) is 0 Å². The summed E-state index contributed by atoms with van der Waals surface area (Å²) in [7, 11) is 3.09. The van der Waals surface area contributed by atoms with Crippen LogP contribution in [0.2, 0.25) is 0 Å². The van der Waals surface area contributed by atoms with Gasteiger partial charge >= 0.3 is 0 Å². The summed E-state index contributed by atoms with van der Waals surface area (Å²) in [6, 6.07) is 5.01. The first kappa shape index (κ1) is 12.2. The standard InChI is InChI=1S/C11H16N2O3/c1-7(11(14)13-2)16-8-4-5-9(12)10(6-8)15-3/h4-7H,12H2,1-3H3,(H,13,14). The number of ether oxygens (including phenoxy) is 2. The van der Waals surface area contributed by atoms with Gasteiger partial charge in [-0.3, -0.25) is 4.79 Å². The molecule has 1 aromatic carbocycles. The molecular weight excluding hydrogens is 208 g/mol. The Morgan fingerprint density at radius 2 is 2.19 bits per heavy atom. The molecule has 16 heavy (non-hydrogen) atoms. The first-order valence-corrected chi connectivity index (χ1v) is 4.90. The first-order chi connectivity index (χ1) is 7.58. The van der Waals surface area contributed by atoms with Gasteiger partial charge in [0.15, 0.2) is 6.10 Å². The van der Waals surface area contributed by atoms with Crippen molar-refractivity contribution in [3.8, 4) is 11.5 Å². The average molecular weight is 224 g/mol. The van der Waals surface area contributed by atoms with Crippen molar-refractivity contribution in [2.24, 2.45) is 0 Å². The molecule has 0 spiro atoms. The van der Waals surface area contributed by atoms with Crippen LogP contribution in [0.15, 0.2) is 18.2 Å². The number of rotatable bonds is 4. The van der Waals surface area contributed by atoms with Gasteiger partial charge in [-0.05, 0) is 19.1 Å². The smallest absolute Gasteiger partial charge is 0.260 e. The van der Waals surface area contributed by atoms with E-state index in [9.17, 15) is 4.79 Å². The fraction of sp³-hybridized carbons (Fsp3) is 0.364. The highest BCUT2D eigenvalue weighted by Crippen LogP contribution is 2.26. The molecule has 0 fully saturated rings. The first-order valence-electron chi connectivity index (χ1n) is 4.90. The molecule has 0 heterocycles. The van der Waals surface area contributed by atoms with E-state index >= 15 is 0 Å². The number of hydrogen-bond donors (Lipinski definition) is 2. The van der Waals surface area contributed by atoms with Gasteiger partial charge < -0.3 is 20.5 Å². The van der Waals surface area contributed by atoms with Gasteiger partial charge in [0.2, 0.25) is 0 Å². The molecule has 1 unspecified atom stereocenters. The van der Waals surface area contributed by atoms with Crippen molar-refractivity contribution >= 4 is 11.6 Å². The molecule has 0 bridgehead atoms. The Kier molecular flexibility index (Phi) is 3.99. The van der Waals surface area contributed by atoms with Crippen LogP contribution in [0.1, 0.15) is 6.92 Å². The SMILES string of the molecule is CNC(=O)C(C)Oc1ccc(N)c(OC)c1. The second-order valence-electron chi connectivity index (χ2n) is 3.28. The van der Waals surface area contributed by atoms with Crippen molar-refractivity contribution in [3.05, 3.63) is 18.2 Å². The number of hydrogen-bond acceptors (Lipinski definition) is 4. The summed E-state index contributed by atoms with van der Waals surface area (Å²) in [5.74, 6) is 0.888. The molecule has 1 atom stereocenters. The van der Waals surface area contributed by atoms with E-state index in [-0.39, 0.29) is 5.91 Å². The molecule has 5 heteroatoms. The summed E-state index contributed by atoms with van der Waals surface area (Å²) in [6.45, 7) is 1.67. The minimum Gasteiger partial charge on any atom is -0.494 e. The van der Waals surface area contributed by atoms with Crippen LogP contribution in [0, 0.1) is 0 Å². The molecule has 0 saturated carbocycles. The second kappa shape index (κ2) is 5.25. The van der Waals surface area contributed by atoms with Crippen LogP contribution in [-0.4, -0.2) is 26.2 Å². The number of benzene rings is 1. The van der Waals surface area contributed by atoms with Gasteiger partial charge in [0.25, 0.3) is 5.91 Å². The van der Waals surface area contributed by atoms with Gasteiger partial charge in [0, 0.05) is 13.1 Å². The zero-order chi connectivity index (χ0) is 12.1. The summed E-state index contributed by atoms with van der Waals surface area (Å²) >= 11 is 0. The van der Waals surface area contributed by atoms with Crippen LogP contribution in [0.3, 0.4) is 0 Å². The number of nitrogen functional groups attached to an aromatic ring is 1. The molecule has 0 aliphatic carbocycles. The molecule has 0 aliphatic rings. The summed E-state index contributed by atoms with van der Waals surface area (Å²) in [5, 5.41) is 2.51. The van der Waals surface area contributed by atoms with E-state index in [0.29, 0.717) is 17.2 Å². The van der Waals surface area contributed by atoms with Gasteiger partial charge in [-0.1, -0.05) is 0 Å². The molecule has 1 aromatic rings. The highest BCUT2D eigenvalue weighted by molar-refractivity contribution is 5.80. The molecular formula is C11H16N2O3. The van der Waals surface area contributed by atoms with Gasteiger partial charge in [-0.2, -0.15) is 0 Å². The van der Waals surface area contributed by atoms with Crippen LogP contribution < -0.4 is 20.5 Å². The van der Waals surface area contributed by atoms with Crippen LogP contribution in [-0.2, 0) is 4.79 Å². The Morgan fingerprint density at radius 1 is 1.50 bits per heavy atom. The molecule has 88 valence electrons. The monoisotopic (exact) mass is 224 g/mol. The third-order valence-electron chi connectivity index (χ3n) is 2.13. The molecule has 3 N–H and O–H groups in total. The maximum Gasteiger partial charge on any atom is 0.260 e. The zero-order valence-electron chi connectivity index (χ0n) is 9.61. The topological polar surface area (TPSA) is 73.6 Å². The number of nitrogens with one attached hydrogen (secondary N) is 1. The van der Waals surface area contributed by atoms with E-state index in [1.165, 1.54) is 7.11 Å². The van der Waals surface area contributed by atoms with Crippen LogP contribution >= 0.6 is 0 Å². The van der Waals surface area contributed by atoms with E-state index in [4.69, 9.17) is 15.2 Å². The van der Waals surface area contributed by atoms with Crippen LogP contribution in [0.5, 0.6) is 11.5 Å². The van der Waals surface area contributed by atoms with E-state index in [1.54, 1.807) is 32.2 Å². The van der Waals surface area contributed by atoms with Gasteiger partial charge in [-0.15, -0.1) is 0 Å². The van der Waals surface area contributed by atoms with Crippen molar-refractivity contribution in [1.82, 2.24) is 5.32 Å². The van der Waals surface area contributed by atoms with E-state index < -0.39 is 6.10 Å². The van der Waals surface area contributed by atoms with Crippen LogP contribution in [0.4, 0.5) is 5.69 Å². The fourth-order valence-electron chi connectivity index (χ4n) is 1.23. The number of carbonyl (C=O) groups is 1. The van der Waals surface area contributed by atoms with E-state index in [1.807, 2.05) is 0 Å². The highest BCUT2D eigenvalue weighted by atomic mass is 16.5. The second-order valence-corrected chi connectivity index (χ2v) is 3.28. The molecule has 5 nitrogen and oxygen atoms in total. The summed E-state index contributed by atoms with van der Waals surface area (Å²) in [6.07, 6.45) is -0.557. The summed E-state index contributed by atoms with van der Waals surface area (Å²) in [5.41, 5.74) is 6.19. The Morgan fingerprint density at radius 3 is 2.75 bits per heavy atom. The largest absolute Gasteiger partial charge is 0.494 e. The Balaban J connectivity index is 2.78.